The van der Waals surface area contributed by atoms with E-state index in [2.05, 4.69) is 24.1 Å². The van der Waals surface area contributed by atoms with Crippen molar-refractivity contribution in [2.24, 2.45) is 5.92 Å². The fraction of sp³-hybridized carbons (Fsp3) is 0.625. The Morgan fingerprint density at radius 2 is 1.86 bits per heavy atom. The second-order valence-electron chi connectivity index (χ2n) is 5.62. The summed E-state index contributed by atoms with van der Waals surface area (Å²) in [5.74, 6) is 0.451. The lowest BCUT2D eigenvalue weighted by Crippen LogP contribution is -2.46. The number of nitrogens with one attached hydrogen (secondary N) is 1. The van der Waals surface area contributed by atoms with Crippen molar-refractivity contribution >= 4 is 24.8 Å². The van der Waals surface area contributed by atoms with E-state index in [-0.39, 0.29) is 30.6 Å². The Morgan fingerprint density at radius 3 is 2.38 bits per heavy atom. The summed E-state index contributed by atoms with van der Waals surface area (Å²) in [7, 11) is 0. The van der Waals surface area contributed by atoms with Gasteiger partial charge in [-0.15, -0.1) is 24.8 Å². The summed E-state index contributed by atoms with van der Waals surface area (Å²) in [4.78, 5) is 2.55. The number of aryl methyl sites for hydroxylation is 1. The average Bonchev–Trinajstić information content (AvgIpc) is 2.42. The molecule has 1 aliphatic heterocycles. The molecule has 0 saturated carbocycles. The average molecular weight is 337 g/mol. The van der Waals surface area contributed by atoms with Gasteiger partial charge in [0.2, 0.25) is 0 Å². The van der Waals surface area contributed by atoms with Crippen molar-refractivity contribution in [2.75, 3.05) is 26.2 Å². The molecule has 1 aromatic rings. The van der Waals surface area contributed by atoms with Crippen molar-refractivity contribution in [2.45, 2.75) is 33.2 Å². The van der Waals surface area contributed by atoms with Crippen LogP contribution in [-0.2, 0) is 0 Å². The Labute approximate surface area is 140 Å². The molecule has 0 radical (unpaired) electrons. The third-order valence-corrected chi connectivity index (χ3v) is 4.28. The first-order valence-electron chi connectivity index (χ1n) is 7.34. The van der Waals surface area contributed by atoms with Crippen LogP contribution in [0.1, 0.15) is 37.4 Å². The number of piperazine rings is 1. The van der Waals surface area contributed by atoms with Gasteiger partial charge < -0.3 is 5.32 Å². The van der Waals surface area contributed by atoms with E-state index in [1.807, 2.05) is 13.0 Å². The molecule has 0 bridgehead atoms. The Hall–Kier alpha value is -0.350. The topological polar surface area (TPSA) is 15.3 Å². The molecular weight excluding hydrogens is 310 g/mol. The van der Waals surface area contributed by atoms with Crippen molar-refractivity contribution in [3.05, 3.63) is 35.1 Å². The summed E-state index contributed by atoms with van der Waals surface area (Å²) < 4.78 is 13.3. The Balaban J connectivity index is 0.00000200. The monoisotopic (exact) mass is 336 g/mol. The van der Waals surface area contributed by atoms with Gasteiger partial charge in [-0.2, -0.15) is 0 Å². The third-order valence-electron chi connectivity index (χ3n) is 4.28. The molecule has 1 unspecified atom stereocenters. The minimum Gasteiger partial charge on any atom is -0.314 e. The maximum absolute atomic E-state index is 13.3. The molecule has 1 saturated heterocycles. The molecule has 1 heterocycles. The van der Waals surface area contributed by atoms with E-state index in [1.54, 1.807) is 12.1 Å². The normalized spacial score (nSPS) is 18.3. The molecule has 0 aromatic heterocycles. The summed E-state index contributed by atoms with van der Waals surface area (Å²) in [6.07, 6.45) is 1.14. The smallest absolute Gasteiger partial charge is 0.123 e. The molecule has 2 nitrogen and oxygen atoms in total. The van der Waals surface area contributed by atoms with Gasteiger partial charge in [0.05, 0.1) is 0 Å². The highest BCUT2D eigenvalue weighted by Crippen LogP contribution is 2.33. The van der Waals surface area contributed by atoms with Crippen LogP contribution >= 0.6 is 24.8 Å². The highest BCUT2D eigenvalue weighted by molar-refractivity contribution is 5.85. The largest absolute Gasteiger partial charge is 0.314 e. The van der Waals surface area contributed by atoms with E-state index < -0.39 is 0 Å². The molecule has 0 amide bonds. The molecule has 1 aliphatic rings. The van der Waals surface area contributed by atoms with Crippen molar-refractivity contribution in [1.82, 2.24) is 10.2 Å². The van der Waals surface area contributed by atoms with Crippen LogP contribution in [0.2, 0.25) is 0 Å². The van der Waals surface area contributed by atoms with Crippen LogP contribution in [0.5, 0.6) is 0 Å². The summed E-state index contributed by atoms with van der Waals surface area (Å²) in [6.45, 7) is 10.8. The number of rotatable bonds is 4. The second kappa shape index (κ2) is 9.62. The number of hydrogen-bond donors (Lipinski definition) is 1. The van der Waals surface area contributed by atoms with Gasteiger partial charge >= 0.3 is 0 Å². The minimum absolute atomic E-state index is 0. The maximum atomic E-state index is 13.3. The quantitative estimate of drug-likeness (QED) is 0.894. The van der Waals surface area contributed by atoms with Crippen LogP contribution in [0, 0.1) is 18.7 Å². The highest BCUT2D eigenvalue weighted by atomic mass is 35.5. The standard InChI is InChI=1S/C16H25FN2.2ClH/c1-4-12(2)16(19-9-7-18-8-10-19)15-6-5-14(17)11-13(15)3;;/h5-6,11-12,16,18H,4,7-10H2,1-3H3;2*1H/t12?,16-;;/m1../s1. The third kappa shape index (κ3) is 5.10. The summed E-state index contributed by atoms with van der Waals surface area (Å²) >= 11 is 0. The minimum atomic E-state index is -0.135. The van der Waals surface area contributed by atoms with Crippen LogP contribution in [-0.4, -0.2) is 31.1 Å². The molecule has 1 N–H and O–H groups in total. The Bertz CT molecular complexity index is 423. The van der Waals surface area contributed by atoms with Crippen LogP contribution in [0.25, 0.3) is 0 Å². The van der Waals surface area contributed by atoms with Gasteiger partial charge in [-0.05, 0) is 36.1 Å². The Morgan fingerprint density at radius 1 is 1.24 bits per heavy atom. The predicted molar refractivity (Wildman–Crippen MR) is 92.3 cm³/mol. The Kier molecular flexibility index (Phi) is 9.46. The molecule has 5 heteroatoms. The summed E-state index contributed by atoms with van der Waals surface area (Å²) in [6, 6.07) is 5.64. The predicted octanol–water partition coefficient (Wildman–Crippen LogP) is 3.97. The maximum Gasteiger partial charge on any atom is 0.123 e. The molecule has 0 spiro atoms. The molecule has 2 rings (SSSR count). The number of nitrogens with zero attached hydrogens (tertiary/aromatic N) is 1. The van der Waals surface area contributed by atoms with Crippen LogP contribution in [0.4, 0.5) is 4.39 Å². The van der Waals surface area contributed by atoms with Gasteiger partial charge in [-0.3, -0.25) is 4.90 Å². The molecule has 2 atom stereocenters. The van der Waals surface area contributed by atoms with Crippen LogP contribution in [0.15, 0.2) is 18.2 Å². The first-order valence-corrected chi connectivity index (χ1v) is 7.34. The lowest BCUT2D eigenvalue weighted by atomic mass is 9.88. The first-order chi connectivity index (χ1) is 9.13. The van der Waals surface area contributed by atoms with Crippen molar-refractivity contribution in [1.29, 1.82) is 0 Å². The highest BCUT2D eigenvalue weighted by Gasteiger charge is 2.27. The van der Waals surface area contributed by atoms with Crippen molar-refractivity contribution in [3.63, 3.8) is 0 Å². The van der Waals surface area contributed by atoms with E-state index in [0.29, 0.717) is 12.0 Å². The molecule has 122 valence electrons. The second-order valence-corrected chi connectivity index (χ2v) is 5.62. The fourth-order valence-electron chi connectivity index (χ4n) is 3.02. The number of halogens is 3. The van der Waals surface area contributed by atoms with Gasteiger partial charge in [0.25, 0.3) is 0 Å². The lowest BCUT2D eigenvalue weighted by molar-refractivity contribution is 0.128. The van der Waals surface area contributed by atoms with Gasteiger partial charge in [0.1, 0.15) is 5.82 Å². The van der Waals surface area contributed by atoms with Gasteiger partial charge in [0.15, 0.2) is 0 Å². The fourth-order valence-corrected chi connectivity index (χ4v) is 3.02. The van der Waals surface area contributed by atoms with E-state index in [1.165, 1.54) is 5.56 Å². The SMILES string of the molecule is CCC(C)[C@H](c1ccc(F)cc1C)N1CCNCC1.Cl.Cl. The molecule has 0 aliphatic carbocycles. The van der Waals surface area contributed by atoms with Crippen molar-refractivity contribution in [3.8, 4) is 0 Å². The van der Waals surface area contributed by atoms with E-state index >= 15 is 0 Å². The van der Waals surface area contributed by atoms with E-state index in [9.17, 15) is 4.39 Å². The van der Waals surface area contributed by atoms with Gasteiger partial charge in [-0.25, -0.2) is 4.39 Å². The van der Waals surface area contributed by atoms with Crippen molar-refractivity contribution < 1.29 is 4.39 Å². The van der Waals surface area contributed by atoms with Gasteiger partial charge in [-0.1, -0.05) is 26.3 Å². The summed E-state index contributed by atoms with van der Waals surface area (Å²) in [5, 5.41) is 3.40. The van der Waals surface area contributed by atoms with Gasteiger partial charge in [0, 0.05) is 32.2 Å². The zero-order valence-electron chi connectivity index (χ0n) is 13.1. The molecule has 1 fully saturated rings. The molecule has 1 aromatic carbocycles. The zero-order valence-corrected chi connectivity index (χ0v) is 14.7. The lowest BCUT2D eigenvalue weighted by Gasteiger charge is -2.39. The van der Waals surface area contributed by atoms with Crippen LogP contribution in [0.3, 0.4) is 0 Å². The number of benzene rings is 1. The van der Waals surface area contributed by atoms with E-state index in [4.69, 9.17) is 0 Å². The number of hydrogen-bond acceptors (Lipinski definition) is 2. The van der Waals surface area contributed by atoms with Crippen LogP contribution < -0.4 is 5.32 Å². The summed E-state index contributed by atoms with van der Waals surface area (Å²) in [5.41, 5.74) is 2.36. The molecule has 21 heavy (non-hydrogen) atoms. The zero-order chi connectivity index (χ0) is 13.8. The first kappa shape index (κ1) is 20.6. The molecular formula is C16H27Cl2FN2. The van der Waals surface area contributed by atoms with E-state index in [0.717, 1.165) is 38.2 Å².